The SMILES string of the molecule is CCCCC(=O)Nc1ccc(S(=O)(=O)Cl)cc1. The van der Waals surface area contributed by atoms with Gasteiger partial charge in [-0.1, -0.05) is 13.3 Å². The van der Waals surface area contributed by atoms with Gasteiger partial charge >= 0.3 is 0 Å². The van der Waals surface area contributed by atoms with Crippen molar-refractivity contribution >= 4 is 31.3 Å². The van der Waals surface area contributed by atoms with Gasteiger partial charge in [-0.05, 0) is 30.7 Å². The monoisotopic (exact) mass is 275 g/mol. The van der Waals surface area contributed by atoms with Crippen LogP contribution < -0.4 is 5.32 Å². The van der Waals surface area contributed by atoms with E-state index in [-0.39, 0.29) is 10.8 Å². The van der Waals surface area contributed by atoms with Crippen LogP contribution in [-0.2, 0) is 13.8 Å². The normalized spacial score (nSPS) is 11.2. The van der Waals surface area contributed by atoms with E-state index in [1.54, 1.807) is 0 Å². The molecule has 1 rings (SSSR count). The molecule has 0 saturated heterocycles. The second-order valence-corrected chi connectivity index (χ2v) is 6.18. The van der Waals surface area contributed by atoms with Crippen molar-refractivity contribution in [2.24, 2.45) is 0 Å². The zero-order valence-corrected chi connectivity index (χ0v) is 11.0. The van der Waals surface area contributed by atoms with Crippen molar-refractivity contribution in [1.82, 2.24) is 0 Å². The number of unbranched alkanes of at least 4 members (excludes halogenated alkanes) is 1. The molecule has 0 heterocycles. The van der Waals surface area contributed by atoms with E-state index in [9.17, 15) is 13.2 Å². The number of carbonyl (C=O) groups excluding carboxylic acids is 1. The topological polar surface area (TPSA) is 63.2 Å². The second-order valence-electron chi connectivity index (χ2n) is 3.61. The van der Waals surface area contributed by atoms with Gasteiger partial charge < -0.3 is 5.32 Å². The molecular formula is C11H14ClNO3S. The first-order valence-corrected chi connectivity index (χ1v) is 7.59. The summed E-state index contributed by atoms with van der Waals surface area (Å²) in [5, 5.41) is 2.68. The summed E-state index contributed by atoms with van der Waals surface area (Å²) in [5.74, 6) is -0.0756. The lowest BCUT2D eigenvalue weighted by atomic mass is 10.2. The minimum absolute atomic E-state index is 0.0192. The molecule has 6 heteroatoms. The predicted molar refractivity (Wildman–Crippen MR) is 67.6 cm³/mol. The van der Waals surface area contributed by atoms with Crippen molar-refractivity contribution in [1.29, 1.82) is 0 Å². The molecule has 0 bridgehead atoms. The fraction of sp³-hybridized carbons (Fsp3) is 0.364. The molecule has 0 saturated carbocycles. The van der Waals surface area contributed by atoms with Gasteiger partial charge in [0.2, 0.25) is 5.91 Å². The predicted octanol–water partition coefficient (Wildman–Crippen LogP) is 2.74. The highest BCUT2D eigenvalue weighted by Gasteiger charge is 2.09. The van der Waals surface area contributed by atoms with E-state index < -0.39 is 9.05 Å². The molecule has 1 amide bonds. The van der Waals surface area contributed by atoms with Gasteiger partial charge in [0.05, 0.1) is 4.90 Å². The van der Waals surface area contributed by atoms with Gasteiger partial charge in [-0.2, -0.15) is 0 Å². The van der Waals surface area contributed by atoms with Gasteiger partial charge in [-0.3, -0.25) is 4.79 Å². The maximum atomic E-state index is 11.4. The average molecular weight is 276 g/mol. The number of hydrogen-bond donors (Lipinski definition) is 1. The summed E-state index contributed by atoms with van der Waals surface area (Å²) in [6.07, 6.45) is 2.25. The maximum absolute atomic E-state index is 11.4. The Kier molecular flexibility index (Phi) is 4.96. The highest BCUT2D eigenvalue weighted by molar-refractivity contribution is 8.13. The first-order valence-electron chi connectivity index (χ1n) is 5.28. The second kappa shape index (κ2) is 6.02. The minimum Gasteiger partial charge on any atom is -0.326 e. The van der Waals surface area contributed by atoms with E-state index >= 15 is 0 Å². The number of amides is 1. The van der Waals surface area contributed by atoms with Crippen molar-refractivity contribution in [3.8, 4) is 0 Å². The highest BCUT2D eigenvalue weighted by atomic mass is 35.7. The Morgan fingerprint density at radius 3 is 2.35 bits per heavy atom. The standard InChI is InChI=1S/C11H14ClNO3S/c1-2-3-4-11(14)13-9-5-7-10(8-6-9)17(12,15)16/h5-8H,2-4H2,1H3,(H,13,14). The van der Waals surface area contributed by atoms with Crippen molar-refractivity contribution in [3.63, 3.8) is 0 Å². The Morgan fingerprint density at radius 2 is 1.88 bits per heavy atom. The van der Waals surface area contributed by atoms with Crippen LogP contribution in [-0.4, -0.2) is 14.3 Å². The molecule has 4 nitrogen and oxygen atoms in total. The summed E-state index contributed by atoms with van der Waals surface area (Å²) in [6.45, 7) is 2.01. The molecule has 0 aliphatic rings. The fourth-order valence-corrected chi connectivity index (χ4v) is 2.03. The molecule has 0 aliphatic heterocycles. The van der Waals surface area contributed by atoms with Crippen LogP contribution in [0.2, 0.25) is 0 Å². The largest absolute Gasteiger partial charge is 0.326 e. The van der Waals surface area contributed by atoms with Crippen LogP contribution in [0.4, 0.5) is 5.69 Å². The van der Waals surface area contributed by atoms with E-state index in [1.807, 2.05) is 6.92 Å². The van der Waals surface area contributed by atoms with E-state index in [1.165, 1.54) is 24.3 Å². The number of benzene rings is 1. The molecular weight excluding hydrogens is 262 g/mol. The Bertz CT molecular complexity index is 482. The van der Waals surface area contributed by atoms with Crippen LogP contribution in [0.25, 0.3) is 0 Å². The van der Waals surface area contributed by atoms with Gasteiger partial charge in [0.15, 0.2) is 0 Å². The lowest BCUT2D eigenvalue weighted by Gasteiger charge is -2.04. The van der Waals surface area contributed by atoms with E-state index in [0.717, 1.165) is 12.8 Å². The van der Waals surface area contributed by atoms with Crippen molar-refractivity contribution in [2.75, 3.05) is 5.32 Å². The molecule has 17 heavy (non-hydrogen) atoms. The quantitative estimate of drug-likeness (QED) is 0.841. The fourth-order valence-electron chi connectivity index (χ4n) is 1.26. The number of anilines is 1. The molecule has 0 aliphatic carbocycles. The van der Waals surface area contributed by atoms with Crippen LogP contribution in [0, 0.1) is 0 Å². The summed E-state index contributed by atoms with van der Waals surface area (Å²) in [4.78, 5) is 11.4. The summed E-state index contributed by atoms with van der Waals surface area (Å²) in [6, 6.07) is 5.74. The number of carbonyl (C=O) groups is 1. The van der Waals surface area contributed by atoms with Gasteiger partial charge in [-0.25, -0.2) is 8.42 Å². The third-order valence-electron chi connectivity index (χ3n) is 2.18. The molecule has 0 atom stereocenters. The van der Waals surface area contributed by atoms with Gasteiger partial charge in [0, 0.05) is 22.8 Å². The third-order valence-corrected chi connectivity index (χ3v) is 3.55. The number of nitrogens with one attached hydrogen (secondary N) is 1. The smallest absolute Gasteiger partial charge is 0.261 e. The Balaban J connectivity index is 2.66. The van der Waals surface area contributed by atoms with E-state index in [2.05, 4.69) is 5.32 Å². The Morgan fingerprint density at radius 1 is 1.29 bits per heavy atom. The number of rotatable bonds is 5. The van der Waals surface area contributed by atoms with Crippen LogP contribution in [0.3, 0.4) is 0 Å². The Hall–Kier alpha value is -1.07. The molecule has 1 aromatic rings. The summed E-state index contributed by atoms with van der Waals surface area (Å²) < 4.78 is 22.0. The van der Waals surface area contributed by atoms with Gasteiger partial charge in [0.1, 0.15) is 0 Å². The van der Waals surface area contributed by atoms with Crippen LogP contribution in [0.15, 0.2) is 29.2 Å². The Labute approximate surface area is 105 Å². The molecule has 0 radical (unpaired) electrons. The van der Waals surface area contributed by atoms with Crippen molar-refractivity contribution in [2.45, 2.75) is 31.1 Å². The lowest BCUT2D eigenvalue weighted by Crippen LogP contribution is -2.10. The van der Waals surface area contributed by atoms with Gasteiger partial charge in [0.25, 0.3) is 9.05 Å². The average Bonchev–Trinajstić information content (AvgIpc) is 2.26. The van der Waals surface area contributed by atoms with Crippen molar-refractivity contribution < 1.29 is 13.2 Å². The first kappa shape index (κ1) is 14.0. The zero-order chi connectivity index (χ0) is 12.9. The van der Waals surface area contributed by atoms with Crippen LogP contribution in [0.1, 0.15) is 26.2 Å². The molecule has 1 N–H and O–H groups in total. The van der Waals surface area contributed by atoms with Crippen LogP contribution in [0.5, 0.6) is 0 Å². The molecule has 94 valence electrons. The maximum Gasteiger partial charge on any atom is 0.261 e. The number of halogens is 1. The first-order chi connectivity index (χ1) is 7.93. The van der Waals surface area contributed by atoms with E-state index in [4.69, 9.17) is 10.7 Å². The summed E-state index contributed by atoms with van der Waals surface area (Å²) in [5.41, 5.74) is 0.565. The highest BCUT2D eigenvalue weighted by Crippen LogP contribution is 2.17. The van der Waals surface area contributed by atoms with Crippen LogP contribution >= 0.6 is 10.7 Å². The molecule has 0 unspecified atom stereocenters. The third kappa shape index (κ3) is 4.75. The molecule has 0 fully saturated rings. The minimum atomic E-state index is -3.70. The molecule has 0 aromatic heterocycles. The molecule has 1 aromatic carbocycles. The number of hydrogen-bond acceptors (Lipinski definition) is 3. The summed E-state index contributed by atoms with van der Waals surface area (Å²) >= 11 is 0. The van der Waals surface area contributed by atoms with Crippen molar-refractivity contribution in [3.05, 3.63) is 24.3 Å². The van der Waals surface area contributed by atoms with Gasteiger partial charge in [-0.15, -0.1) is 0 Å². The summed E-state index contributed by atoms with van der Waals surface area (Å²) in [7, 11) is 1.47. The molecule has 0 spiro atoms. The zero-order valence-electron chi connectivity index (χ0n) is 9.44. The van der Waals surface area contributed by atoms with E-state index in [0.29, 0.717) is 12.1 Å². The lowest BCUT2D eigenvalue weighted by molar-refractivity contribution is -0.116.